The highest BCUT2D eigenvalue weighted by Gasteiger charge is 2.61. The average Bonchev–Trinajstić information content (AvgIpc) is 3.27. The Morgan fingerprint density at radius 2 is 1.73 bits per heavy atom. The first-order valence-corrected chi connectivity index (χ1v) is 14.8. The number of ketones is 1. The van der Waals surface area contributed by atoms with Crippen LogP contribution in [0, 0.1) is 34.5 Å². The number of rotatable bonds is 4. The van der Waals surface area contributed by atoms with E-state index in [-0.39, 0.29) is 22.5 Å². The van der Waals surface area contributed by atoms with Gasteiger partial charge < -0.3 is 15.0 Å². The Hall–Kier alpha value is -2.30. The number of carbonyl (C=O) groups is 2. The Morgan fingerprint density at radius 3 is 2.46 bits per heavy atom. The molecule has 4 fully saturated rings. The van der Waals surface area contributed by atoms with E-state index >= 15 is 0 Å². The number of amides is 1. The number of fused-ring (bicyclic) bond motifs is 5. The van der Waals surface area contributed by atoms with Crippen molar-refractivity contribution in [2.45, 2.75) is 90.5 Å². The Bertz CT molecular complexity index is 1070. The van der Waals surface area contributed by atoms with E-state index in [1.807, 2.05) is 18.2 Å². The molecular weight excluding hydrogens is 460 g/mol. The fourth-order valence-corrected chi connectivity index (χ4v) is 9.32. The molecule has 3 saturated carbocycles. The lowest BCUT2D eigenvalue weighted by atomic mass is 9.50. The van der Waals surface area contributed by atoms with E-state index in [4.69, 9.17) is 4.74 Å². The molecule has 5 heteroatoms. The minimum atomic E-state index is 0.0430. The van der Waals surface area contributed by atoms with Crippen molar-refractivity contribution in [3.8, 4) is 5.75 Å². The molecule has 6 atom stereocenters. The number of allylic oxidation sites excluding steroid dienone is 2. The summed E-state index contributed by atoms with van der Waals surface area (Å²) in [5.41, 5.74) is 2.34. The lowest BCUT2D eigenvalue weighted by Crippen LogP contribution is -2.57. The molecule has 0 spiro atoms. The third-order valence-corrected chi connectivity index (χ3v) is 11.4. The Kier molecular flexibility index (Phi) is 6.40. The maximum absolute atomic E-state index is 14.6. The predicted octanol–water partition coefficient (Wildman–Crippen LogP) is 6.28. The molecule has 0 radical (unpaired) electrons. The van der Waals surface area contributed by atoms with Crippen LogP contribution in [0.15, 0.2) is 36.0 Å². The Morgan fingerprint density at radius 1 is 0.973 bits per heavy atom. The van der Waals surface area contributed by atoms with Crippen LogP contribution < -0.4 is 15.0 Å². The summed E-state index contributed by atoms with van der Waals surface area (Å²) in [6.07, 6.45) is 13.9. The minimum Gasteiger partial charge on any atom is -0.497 e. The predicted molar refractivity (Wildman–Crippen MR) is 146 cm³/mol. The van der Waals surface area contributed by atoms with Crippen molar-refractivity contribution in [3.05, 3.63) is 36.0 Å². The molecule has 1 heterocycles. The van der Waals surface area contributed by atoms with Gasteiger partial charge in [0, 0.05) is 47.8 Å². The molecule has 1 amide bonds. The van der Waals surface area contributed by atoms with Crippen molar-refractivity contribution < 1.29 is 14.3 Å². The molecule has 1 aliphatic heterocycles. The number of benzene rings is 1. The molecule has 1 unspecified atom stereocenters. The first kappa shape index (κ1) is 25.0. The first-order valence-electron chi connectivity index (χ1n) is 14.8. The molecule has 4 aliphatic carbocycles. The molecule has 0 aromatic heterocycles. The van der Waals surface area contributed by atoms with Crippen LogP contribution in [0.25, 0.3) is 0 Å². The van der Waals surface area contributed by atoms with E-state index < -0.39 is 0 Å². The lowest BCUT2D eigenvalue weighted by molar-refractivity contribution is -0.130. The normalized spacial score (nSPS) is 37.5. The Balaban J connectivity index is 1.28. The van der Waals surface area contributed by atoms with Crippen molar-refractivity contribution in [2.24, 2.45) is 34.5 Å². The van der Waals surface area contributed by atoms with E-state index in [9.17, 15) is 9.59 Å². The highest BCUT2D eigenvalue weighted by atomic mass is 16.5. The topological polar surface area (TPSA) is 58.6 Å². The van der Waals surface area contributed by atoms with E-state index in [0.29, 0.717) is 36.1 Å². The first-order chi connectivity index (χ1) is 17.8. The Labute approximate surface area is 222 Å². The van der Waals surface area contributed by atoms with Gasteiger partial charge in [-0.15, -0.1) is 0 Å². The van der Waals surface area contributed by atoms with Crippen molar-refractivity contribution in [1.29, 1.82) is 0 Å². The van der Waals surface area contributed by atoms with Crippen LogP contribution in [-0.4, -0.2) is 31.4 Å². The van der Waals surface area contributed by atoms with Crippen LogP contribution in [0.5, 0.6) is 5.75 Å². The van der Waals surface area contributed by atoms with Gasteiger partial charge in [-0.25, -0.2) is 0 Å². The van der Waals surface area contributed by atoms with Gasteiger partial charge in [0.25, 0.3) is 0 Å². The number of anilines is 1. The quantitative estimate of drug-likeness (QED) is 0.525. The van der Waals surface area contributed by atoms with Gasteiger partial charge in [0.2, 0.25) is 5.91 Å². The fourth-order valence-electron chi connectivity index (χ4n) is 9.32. The highest BCUT2D eigenvalue weighted by Crippen LogP contribution is 2.64. The minimum absolute atomic E-state index is 0.0430. The molecule has 5 aliphatic rings. The van der Waals surface area contributed by atoms with Gasteiger partial charge in [-0.05, 0) is 92.4 Å². The number of hydrogen-bond donors (Lipinski definition) is 1. The number of nitrogens with one attached hydrogen (secondary N) is 1. The SMILES string of the molecule is COc1ccc(N(C(=O)C2CC[C@H]3[C@@H]4CNC5=CC(=O)CC[C@]5(C)[C@@H]4CC[C@]23C)C2CCCCC2)cc1. The summed E-state index contributed by atoms with van der Waals surface area (Å²) in [4.78, 5) is 28.9. The fraction of sp³-hybridized carbons (Fsp3) is 0.688. The maximum atomic E-state index is 14.6. The molecule has 37 heavy (non-hydrogen) atoms. The van der Waals surface area contributed by atoms with Crippen LogP contribution in [-0.2, 0) is 9.59 Å². The molecule has 200 valence electrons. The number of ether oxygens (including phenoxy) is 1. The monoisotopic (exact) mass is 504 g/mol. The van der Waals surface area contributed by atoms with Gasteiger partial charge in [0.05, 0.1) is 7.11 Å². The van der Waals surface area contributed by atoms with Crippen LogP contribution in [0.2, 0.25) is 0 Å². The van der Waals surface area contributed by atoms with Gasteiger partial charge >= 0.3 is 0 Å². The van der Waals surface area contributed by atoms with E-state index in [2.05, 4.69) is 36.2 Å². The second-order valence-corrected chi connectivity index (χ2v) is 13.1. The molecule has 1 aromatic rings. The van der Waals surface area contributed by atoms with Crippen LogP contribution in [0.1, 0.15) is 84.5 Å². The van der Waals surface area contributed by atoms with Gasteiger partial charge in [0.1, 0.15) is 5.75 Å². The second kappa shape index (κ2) is 9.47. The molecule has 5 nitrogen and oxygen atoms in total. The summed E-state index contributed by atoms with van der Waals surface area (Å²) in [6.45, 7) is 5.78. The van der Waals surface area contributed by atoms with Crippen molar-refractivity contribution in [2.75, 3.05) is 18.6 Å². The second-order valence-electron chi connectivity index (χ2n) is 13.1. The summed E-state index contributed by atoms with van der Waals surface area (Å²) < 4.78 is 5.41. The third-order valence-electron chi connectivity index (χ3n) is 11.4. The van der Waals surface area contributed by atoms with Crippen molar-refractivity contribution >= 4 is 17.4 Å². The van der Waals surface area contributed by atoms with E-state index in [1.165, 1.54) is 25.0 Å². The summed E-state index contributed by atoms with van der Waals surface area (Å²) in [5, 5.41) is 3.71. The molecule has 1 aromatic carbocycles. The molecule has 1 saturated heterocycles. The standard InChI is InChI=1S/C32H44N2O3/c1-31-18-16-27-25(20-33-29-19-23(35)15-17-32(27,29)2)26(31)13-14-28(31)30(36)34(21-7-5-4-6-8-21)22-9-11-24(37-3)12-10-22/h9-12,19,21,25-28,33H,4-8,13-18,20H2,1-3H3/t25-,26-,27+,28?,31-,32+/m0/s1. The average molecular weight is 505 g/mol. The van der Waals surface area contributed by atoms with Gasteiger partial charge in [-0.1, -0.05) is 33.1 Å². The zero-order chi connectivity index (χ0) is 25.8. The largest absolute Gasteiger partial charge is 0.497 e. The smallest absolute Gasteiger partial charge is 0.230 e. The van der Waals surface area contributed by atoms with Crippen molar-refractivity contribution in [1.82, 2.24) is 5.32 Å². The number of methoxy groups -OCH3 is 1. The molecule has 0 bridgehead atoms. The third kappa shape index (κ3) is 4.03. The summed E-state index contributed by atoms with van der Waals surface area (Å²) in [5.74, 6) is 3.30. The zero-order valence-corrected chi connectivity index (χ0v) is 22.9. The van der Waals surface area contributed by atoms with Crippen LogP contribution >= 0.6 is 0 Å². The number of carbonyl (C=O) groups excluding carboxylic acids is 2. The van der Waals surface area contributed by atoms with Gasteiger partial charge in [-0.2, -0.15) is 0 Å². The highest BCUT2D eigenvalue weighted by molar-refractivity contribution is 5.96. The van der Waals surface area contributed by atoms with Gasteiger partial charge in [-0.3, -0.25) is 9.59 Å². The van der Waals surface area contributed by atoms with Gasteiger partial charge in [0.15, 0.2) is 5.78 Å². The molecular formula is C32H44N2O3. The number of piperidine rings is 1. The summed E-state index contributed by atoms with van der Waals surface area (Å²) in [7, 11) is 1.69. The van der Waals surface area contributed by atoms with Crippen LogP contribution in [0.4, 0.5) is 5.69 Å². The van der Waals surface area contributed by atoms with Crippen molar-refractivity contribution in [3.63, 3.8) is 0 Å². The summed E-state index contributed by atoms with van der Waals surface area (Å²) >= 11 is 0. The number of hydrogen-bond acceptors (Lipinski definition) is 4. The van der Waals surface area contributed by atoms with Crippen LogP contribution in [0.3, 0.4) is 0 Å². The number of nitrogens with zero attached hydrogens (tertiary/aromatic N) is 1. The van der Waals surface area contributed by atoms with E-state index in [1.54, 1.807) is 7.11 Å². The maximum Gasteiger partial charge on any atom is 0.230 e. The zero-order valence-electron chi connectivity index (χ0n) is 22.9. The lowest BCUT2D eigenvalue weighted by Gasteiger charge is -2.58. The summed E-state index contributed by atoms with van der Waals surface area (Å²) in [6, 6.07) is 8.47. The molecule has 1 N–H and O–H groups in total. The molecule has 6 rings (SSSR count). The van der Waals surface area contributed by atoms with E-state index in [0.717, 1.165) is 62.9 Å².